The number of nitriles is 6. The Morgan fingerprint density at radius 3 is 1.23 bits per heavy atom. The lowest BCUT2D eigenvalue weighted by atomic mass is 9.96. The average molecular weight is 280 g/mol. The molecule has 0 fully saturated rings. The van der Waals surface area contributed by atoms with Crippen LogP contribution in [0.3, 0.4) is 0 Å². The van der Waals surface area contributed by atoms with Crippen LogP contribution in [0.25, 0.3) is 11.1 Å². The van der Waals surface area contributed by atoms with Crippen molar-refractivity contribution in [3.63, 3.8) is 0 Å². The van der Waals surface area contributed by atoms with Crippen molar-refractivity contribution in [3.05, 3.63) is 46.5 Å². The van der Waals surface area contributed by atoms with E-state index in [9.17, 15) is 0 Å². The summed E-state index contributed by atoms with van der Waals surface area (Å²) in [6.45, 7) is 0. The van der Waals surface area contributed by atoms with Gasteiger partial charge in [0.2, 0.25) is 0 Å². The summed E-state index contributed by atoms with van der Waals surface area (Å²) in [6, 6.07) is 15.9. The van der Waals surface area contributed by atoms with Gasteiger partial charge in [0.15, 0.2) is 0 Å². The fourth-order valence-electron chi connectivity index (χ4n) is 1.63. The zero-order chi connectivity index (χ0) is 16.5. The molecule has 0 aliphatic heterocycles. The smallest absolute Gasteiger partial charge is 0.148 e. The van der Waals surface area contributed by atoms with Crippen molar-refractivity contribution in [2.24, 2.45) is 0 Å². The highest BCUT2D eigenvalue weighted by atomic mass is 14.3. The van der Waals surface area contributed by atoms with E-state index >= 15 is 0 Å². The zero-order valence-electron chi connectivity index (χ0n) is 11.0. The van der Waals surface area contributed by atoms with Crippen LogP contribution in [0.4, 0.5) is 0 Å². The van der Waals surface area contributed by atoms with Crippen molar-refractivity contribution in [2.75, 3.05) is 0 Å². The van der Waals surface area contributed by atoms with Crippen LogP contribution in [-0.2, 0) is 0 Å². The molecular formula is C16H4N6. The summed E-state index contributed by atoms with van der Waals surface area (Å²) in [5, 5.41) is 53.6. The lowest BCUT2D eigenvalue weighted by molar-refractivity contribution is 1.43. The molecule has 0 spiro atoms. The van der Waals surface area contributed by atoms with E-state index in [1.54, 1.807) is 36.4 Å². The van der Waals surface area contributed by atoms with Crippen LogP contribution in [0.5, 0.6) is 0 Å². The van der Waals surface area contributed by atoms with E-state index in [1.807, 2.05) is 0 Å². The van der Waals surface area contributed by atoms with Gasteiger partial charge in [0.05, 0.1) is 11.1 Å². The molecule has 0 unspecified atom stereocenters. The third-order valence-corrected chi connectivity index (χ3v) is 2.61. The molecule has 0 saturated carbocycles. The molecule has 0 N–H and O–H groups in total. The quantitative estimate of drug-likeness (QED) is 0.760. The standard InChI is InChI=1S/C16H4N6/c17-5-13(6-18)15(9-21)11-2-1-3-12(4-11)16(10-22)14(7-19)8-20/h1-4H. The lowest BCUT2D eigenvalue weighted by Crippen LogP contribution is -1.91. The Kier molecular flexibility index (Phi) is 5.20. The first-order valence-corrected chi connectivity index (χ1v) is 5.66. The Bertz CT molecular complexity index is 830. The number of hydrogen-bond donors (Lipinski definition) is 0. The number of hydrogen-bond acceptors (Lipinski definition) is 6. The molecule has 0 bridgehead atoms. The van der Waals surface area contributed by atoms with Crippen LogP contribution in [0.15, 0.2) is 35.4 Å². The summed E-state index contributed by atoms with van der Waals surface area (Å²) in [6.07, 6.45) is 0. The predicted molar refractivity (Wildman–Crippen MR) is 74.0 cm³/mol. The topological polar surface area (TPSA) is 143 Å². The van der Waals surface area contributed by atoms with Crippen molar-refractivity contribution >= 4 is 11.1 Å². The van der Waals surface area contributed by atoms with Crippen molar-refractivity contribution < 1.29 is 0 Å². The summed E-state index contributed by atoms with van der Waals surface area (Å²) in [4.78, 5) is 0. The fraction of sp³-hybridized carbons (Fsp3) is 0. The highest BCUT2D eigenvalue weighted by molar-refractivity contribution is 5.89. The van der Waals surface area contributed by atoms with Crippen molar-refractivity contribution in [3.8, 4) is 36.4 Å². The Morgan fingerprint density at radius 2 is 0.955 bits per heavy atom. The molecule has 98 valence electrons. The normalized spacial score (nSPS) is 7.73. The maximum atomic E-state index is 9.11. The number of rotatable bonds is 2. The lowest BCUT2D eigenvalue weighted by Gasteiger charge is -2.03. The highest BCUT2D eigenvalue weighted by Crippen LogP contribution is 2.24. The SMILES string of the molecule is N#CC(C#N)=C(C#N)c1cccc(C(C#N)=C(C#N)C#N)c1. The molecule has 0 amide bonds. The molecule has 1 aromatic rings. The van der Waals surface area contributed by atoms with Gasteiger partial charge in [-0.2, -0.15) is 31.6 Å². The second-order valence-corrected chi connectivity index (χ2v) is 3.75. The van der Waals surface area contributed by atoms with E-state index in [4.69, 9.17) is 31.6 Å². The third kappa shape index (κ3) is 2.96. The summed E-state index contributed by atoms with van der Waals surface area (Å²) in [7, 11) is 0. The molecule has 22 heavy (non-hydrogen) atoms. The van der Waals surface area contributed by atoms with E-state index in [1.165, 1.54) is 24.3 Å². The molecule has 1 rings (SSSR count). The van der Waals surface area contributed by atoms with Gasteiger partial charge < -0.3 is 0 Å². The number of allylic oxidation sites excluding steroid dienone is 4. The average Bonchev–Trinajstić information content (AvgIpc) is 2.57. The van der Waals surface area contributed by atoms with Gasteiger partial charge in [0.1, 0.15) is 47.6 Å². The molecule has 0 saturated heterocycles. The summed E-state index contributed by atoms with van der Waals surface area (Å²) >= 11 is 0. The van der Waals surface area contributed by atoms with Crippen LogP contribution in [0, 0.1) is 68.0 Å². The second-order valence-electron chi connectivity index (χ2n) is 3.75. The Hall–Kier alpha value is -4.36. The van der Waals surface area contributed by atoms with E-state index in [0.29, 0.717) is 0 Å². The zero-order valence-corrected chi connectivity index (χ0v) is 11.0. The fourth-order valence-corrected chi connectivity index (χ4v) is 1.63. The van der Waals surface area contributed by atoms with E-state index in [0.717, 1.165) is 0 Å². The molecule has 0 atom stereocenters. The number of benzene rings is 1. The van der Waals surface area contributed by atoms with E-state index < -0.39 is 0 Å². The molecule has 0 aliphatic rings. The van der Waals surface area contributed by atoms with Crippen molar-refractivity contribution in [1.82, 2.24) is 0 Å². The largest absolute Gasteiger partial charge is 0.192 e. The Labute approximate surface area is 126 Å². The molecule has 0 aromatic heterocycles. The van der Waals surface area contributed by atoms with E-state index in [2.05, 4.69) is 0 Å². The van der Waals surface area contributed by atoms with Crippen LogP contribution in [0.1, 0.15) is 11.1 Å². The van der Waals surface area contributed by atoms with Gasteiger partial charge >= 0.3 is 0 Å². The minimum Gasteiger partial charge on any atom is -0.192 e. The van der Waals surface area contributed by atoms with Crippen LogP contribution < -0.4 is 0 Å². The molecule has 6 nitrogen and oxygen atoms in total. The number of nitrogens with zero attached hydrogens (tertiary/aromatic N) is 6. The van der Waals surface area contributed by atoms with Crippen molar-refractivity contribution in [1.29, 1.82) is 31.6 Å². The van der Waals surface area contributed by atoms with Gasteiger partial charge in [-0.15, -0.1) is 0 Å². The van der Waals surface area contributed by atoms with Crippen molar-refractivity contribution in [2.45, 2.75) is 0 Å². The van der Waals surface area contributed by atoms with Gasteiger partial charge in [-0.25, -0.2) is 0 Å². The van der Waals surface area contributed by atoms with Crippen LogP contribution in [-0.4, -0.2) is 0 Å². The minimum atomic E-state index is -0.358. The van der Waals surface area contributed by atoms with Gasteiger partial charge in [0, 0.05) is 0 Å². The molecular weight excluding hydrogens is 276 g/mol. The minimum absolute atomic E-state index is 0.139. The van der Waals surface area contributed by atoms with Gasteiger partial charge in [-0.1, -0.05) is 18.2 Å². The first-order valence-electron chi connectivity index (χ1n) is 5.66. The monoisotopic (exact) mass is 280 g/mol. The molecule has 1 aromatic carbocycles. The molecule has 0 radical (unpaired) electrons. The Morgan fingerprint density at radius 1 is 0.591 bits per heavy atom. The van der Waals surface area contributed by atoms with E-state index in [-0.39, 0.29) is 33.4 Å². The second kappa shape index (κ2) is 7.28. The summed E-state index contributed by atoms with van der Waals surface area (Å²) < 4.78 is 0. The maximum absolute atomic E-state index is 9.11. The molecule has 0 aliphatic carbocycles. The molecule has 0 heterocycles. The summed E-state index contributed by atoms with van der Waals surface area (Å²) in [5.74, 6) is 0. The Balaban J connectivity index is 3.67. The predicted octanol–water partition coefficient (Wildman–Crippen LogP) is 2.34. The first kappa shape index (κ1) is 15.7. The van der Waals surface area contributed by atoms with Gasteiger partial charge in [0.25, 0.3) is 0 Å². The van der Waals surface area contributed by atoms with Crippen LogP contribution in [0.2, 0.25) is 0 Å². The van der Waals surface area contributed by atoms with Gasteiger partial charge in [-0.3, -0.25) is 0 Å². The first-order chi connectivity index (χ1) is 10.7. The maximum Gasteiger partial charge on any atom is 0.148 e. The molecule has 6 heteroatoms. The van der Waals surface area contributed by atoms with Gasteiger partial charge in [-0.05, 0) is 17.2 Å². The third-order valence-electron chi connectivity index (χ3n) is 2.61. The highest BCUT2D eigenvalue weighted by Gasteiger charge is 2.13. The van der Waals surface area contributed by atoms with Crippen LogP contribution >= 0.6 is 0 Å². The summed E-state index contributed by atoms with van der Waals surface area (Å²) in [5.41, 5.74) is -0.493.